The molecule has 1 heterocycles. The molecular weight excluding hydrogens is 610 g/mol. The molecule has 0 aromatic heterocycles. The van der Waals surface area contributed by atoms with Crippen molar-refractivity contribution in [3.8, 4) is 40.2 Å². The summed E-state index contributed by atoms with van der Waals surface area (Å²) in [6.45, 7) is 2.21. The molecule has 5 rings (SSSR count). The Labute approximate surface area is 269 Å². The maximum absolute atomic E-state index is 13.0. The standard InChI is InChI=1S/C34H31N3O10/c1-5-44-27-13-20(9-11-26(27)47-34(40)22-10-12-25-28(15-22)46-19-45-25)18-35-37-33(39)21-7-6-8-24(14-21)36-32(38)23-16-29(41-2)31(43-4)30(17-23)42-3/h6-18H,5,19H2,1-4H3,(H,36,38)(H,37,39). The van der Waals surface area contributed by atoms with E-state index in [2.05, 4.69) is 15.8 Å². The molecule has 2 N–H and O–H groups in total. The molecule has 0 atom stereocenters. The first-order valence-electron chi connectivity index (χ1n) is 14.3. The molecule has 2 amide bonds. The van der Waals surface area contributed by atoms with Crippen molar-refractivity contribution in [3.63, 3.8) is 0 Å². The monoisotopic (exact) mass is 641 g/mol. The van der Waals surface area contributed by atoms with Gasteiger partial charge in [0.25, 0.3) is 11.8 Å². The van der Waals surface area contributed by atoms with Gasteiger partial charge in [0.05, 0.1) is 39.7 Å². The Hall–Kier alpha value is -6.24. The van der Waals surface area contributed by atoms with Crippen LogP contribution in [0.5, 0.6) is 40.2 Å². The van der Waals surface area contributed by atoms with Crippen LogP contribution in [0.25, 0.3) is 0 Å². The predicted octanol–water partition coefficient (Wildman–Crippen LogP) is 5.08. The summed E-state index contributed by atoms with van der Waals surface area (Å²) < 4.78 is 37.8. The lowest BCUT2D eigenvalue weighted by molar-refractivity contribution is 0.0727. The lowest BCUT2D eigenvalue weighted by Crippen LogP contribution is -2.18. The van der Waals surface area contributed by atoms with Crippen molar-refractivity contribution in [1.29, 1.82) is 0 Å². The Morgan fingerprint density at radius 3 is 2.26 bits per heavy atom. The highest BCUT2D eigenvalue weighted by Gasteiger charge is 2.20. The van der Waals surface area contributed by atoms with Crippen LogP contribution < -0.4 is 43.9 Å². The fourth-order valence-electron chi connectivity index (χ4n) is 4.52. The lowest BCUT2D eigenvalue weighted by atomic mass is 10.1. The smallest absolute Gasteiger partial charge is 0.343 e. The number of rotatable bonds is 12. The number of fused-ring (bicyclic) bond motifs is 1. The molecule has 0 bridgehead atoms. The van der Waals surface area contributed by atoms with Crippen LogP contribution in [0.1, 0.15) is 43.6 Å². The first kappa shape index (κ1) is 32.2. The fraction of sp³-hybridized carbons (Fsp3) is 0.176. The molecule has 13 nitrogen and oxygen atoms in total. The van der Waals surface area contributed by atoms with Crippen LogP contribution in [-0.4, -0.2) is 58.7 Å². The van der Waals surface area contributed by atoms with Crippen molar-refractivity contribution in [2.45, 2.75) is 6.92 Å². The zero-order valence-electron chi connectivity index (χ0n) is 25.9. The van der Waals surface area contributed by atoms with Crippen molar-refractivity contribution >= 4 is 29.7 Å². The van der Waals surface area contributed by atoms with E-state index in [4.69, 9.17) is 33.2 Å². The van der Waals surface area contributed by atoms with E-state index in [1.165, 1.54) is 45.7 Å². The zero-order chi connectivity index (χ0) is 33.3. The van der Waals surface area contributed by atoms with E-state index in [0.29, 0.717) is 52.4 Å². The number of benzene rings is 4. The van der Waals surface area contributed by atoms with Gasteiger partial charge in [0.1, 0.15) is 0 Å². The Balaban J connectivity index is 1.22. The number of carbonyl (C=O) groups is 3. The van der Waals surface area contributed by atoms with Gasteiger partial charge >= 0.3 is 5.97 Å². The van der Waals surface area contributed by atoms with Crippen LogP contribution in [-0.2, 0) is 0 Å². The summed E-state index contributed by atoms with van der Waals surface area (Å²) in [5.74, 6) is 0.996. The third-order valence-corrected chi connectivity index (χ3v) is 6.77. The number of hydrazone groups is 1. The van der Waals surface area contributed by atoms with Crippen LogP contribution in [0.2, 0.25) is 0 Å². The Bertz CT molecular complexity index is 1810. The Morgan fingerprint density at radius 2 is 1.53 bits per heavy atom. The maximum Gasteiger partial charge on any atom is 0.343 e. The minimum Gasteiger partial charge on any atom is -0.493 e. The minimum atomic E-state index is -0.597. The SMILES string of the molecule is CCOc1cc(C=NNC(=O)c2cccc(NC(=O)c3cc(OC)c(OC)c(OC)c3)c2)ccc1OC(=O)c1ccc2c(c1)OCO2. The van der Waals surface area contributed by atoms with E-state index in [9.17, 15) is 14.4 Å². The second-order valence-electron chi connectivity index (χ2n) is 9.74. The Kier molecular flexibility index (Phi) is 10.1. The minimum absolute atomic E-state index is 0.0917. The second-order valence-corrected chi connectivity index (χ2v) is 9.74. The normalized spacial score (nSPS) is 11.5. The first-order chi connectivity index (χ1) is 22.8. The predicted molar refractivity (Wildman–Crippen MR) is 171 cm³/mol. The number of hydrogen-bond acceptors (Lipinski definition) is 11. The van der Waals surface area contributed by atoms with Gasteiger partial charge in [-0.2, -0.15) is 5.10 Å². The van der Waals surface area contributed by atoms with Crippen molar-refractivity contribution < 1.29 is 47.5 Å². The number of carbonyl (C=O) groups excluding carboxylic acids is 3. The van der Waals surface area contributed by atoms with Crippen molar-refractivity contribution in [2.24, 2.45) is 5.10 Å². The first-order valence-corrected chi connectivity index (χ1v) is 14.3. The van der Waals surface area contributed by atoms with E-state index < -0.39 is 17.8 Å². The van der Waals surface area contributed by atoms with Crippen molar-refractivity contribution in [2.75, 3.05) is 40.0 Å². The molecule has 47 heavy (non-hydrogen) atoms. The second kappa shape index (κ2) is 14.7. The molecule has 0 saturated carbocycles. The highest BCUT2D eigenvalue weighted by Crippen LogP contribution is 2.38. The van der Waals surface area contributed by atoms with E-state index in [1.54, 1.807) is 61.5 Å². The topological polar surface area (TPSA) is 152 Å². The molecular formula is C34H31N3O10. The van der Waals surface area contributed by atoms with Gasteiger partial charge in [0.15, 0.2) is 34.5 Å². The lowest BCUT2D eigenvalue weighted by Gasteiger charge is -2.14. The summed E-state index contributed by atoms with van der Waals surface area (Å²) in [4.78, 5) is 38.6. The Morgan fingerprint density at radius 1 is 0.766 bits per heavy atom. The average Bonchev–Trinajstić information content (AvgIpc) is 3.57. The number of anilines is 1. The molecule has 1 aliphatic rings. The third kappa shape index (κ3) is 7.53. The molecule has 13 heteroatoms. The number of nitrogens with zero attached hydrogens (tertiary/aromatic N) is 1. The number of hydrogen-bond donors (Lipinski definition) is 2. The molecule has 242 valence electrons. The summed E-state index contributed by atoms with van der Waals surface area (Å²) in [7, 11) is 4.38. The third-order valence-electron chi connectivity index (χ3n) is 6.77. The molecule has 0 aliphatic carbocycles. The van der Waals surface area contributed by atoms with E-state index in [-0.39, 0.29) is 29.2 Å². The van der Waals surface area contributed by atoms with Crippen molar-refractivity contribution in [1.82, 2.24) is 5.43 Å². The number of ether oxygens (including phenoxy) is 7. The van der Waals surface area contributed by atoms with Gasteiger partial charge < -0.3 is 38.5 Å². The van der Waals surface area contributed by atoms with Crippen LogP contribution in [0.15, 0.2) is 77.9 Å². The van der Waals surface area contributed by atoms with Gasteiger partial charge in [-0.05, 0) is 79.2 Å². The van der Waals surface area contributed by atoms with Crippen molar-refractivity contribution in [3.05, 3.63) is 95.1 Å². The van der Waals surface area contributed by atoms with Gasteiger partial charge in [0.2, 0.25) is 12.5 Å². The quantitative estimate of drug-likeness (QED) is 0.0928. The summed E-state index contributed by atoms with van der Waals surface area (Å²) in [6, 6.07) is 19.0. The molecule has 4 aromatic carbocycles. The molecule has 0 fully saturated rings. The van der Waals surface area contributed by atoms with E-state index in [0.717, 1.165) is 0 Å². The van der Waals surface area contributed by atoms with Gasteiger partial charge in [-0.15, -0.1) is 0 Å². The zero-order valence-corrected chi connectivity index (χ0v) is 25.9. The number of nitrogens with one attached hydrogen (secondary N) is 2. The summed E-state index contributed by atoms with van der Waals surface area (Å²) in [5, 5.41) is 6.81. The van der Waals surface area contributed by atoms with Crippen LogP contribution in [0.4, 0.5) is 5.69 Å². The van der Waals surface area contributed by atoms with E-state index in [1.807, 2.05) is 0 Å². The molecule has 0 radical (unpaired) electrons. The van der Waals surface area contributed by atoms with Gasteiger partial charge in [-0.25, -0.2) is 10.2 Å². The molecule has 0 spiro atoms. The molecule has 1 aliphatic heterocycles. The summed E-state index contributed by atoms with van der Waals surface area (Å²) in [5.41, 5.74) is 4.22. The molecule has 4 aromatic rings. The van der Waals surface area contributed by atoms with Crippen LogP contribution in [0.3, 0.4) is 0 Å². The summed E-state index contributed by atoms with van der Waals surface area (Å²) >= 11 is 0. The summed E-state index contributed by atoms with van der Waals surface area (Å²) in [6.07, 6.45) is 1.42. The molecule has 0 saturated heterocycles. The van der Waals surface area contributed by atoms with Crippen LogP contribution >= 0.6 is 0 Å². The maximum atomic E-state index is 13.0. The fourth-order valence-corrected chi connectivity index (χ4v) is 4.52. The van der Waals surface area contributed by atoms with E-state index >= 15 is 0 Å². The van der Waals surface area contributed by atoms with Crippen LogP contribution in [0, 0.1) is 0 Å². The highest BCUT2D eigenvalue weighted by molar-refractivity contribution is 6.06. The number of esters is 1. The largest absolute Gasteiger partial charge is 0.493 e. The number of methoxy groups -OCH3 is 3. The average molecular weight is 642 g/mol. The van der Waals surface area contributed by atoms with Gasteiger partial charge in [0, 0.05) is 16.8 Å². The highest BCUT2D eigenvalue weighted by atomic mass is 16.7. The number of amides is 2. The van der Waals surface area contributed by atoms with Gasteiger partial charge in [-0.1, -0.05) is 6.07 Å². The molecule has 0 unspecified atom stereocenters. The van der Waals surface area contributed by atoms with Gasteiger partial charge in [-0.3, -0.25) is 9.59 Å².